The number of aryl methyl sites for hydroxylation is 1. The molecule has 2 aromatic rings. The summed E-state index contributed by atoms with van der Waals surface area (Å²) in [7, 11) is 0. The first-order valence-electron chi connectivity index (χ1n) is 6.38. The van der Waals surface area contributed by atoms with E-state index in [9.17, 15) is 14.9 Å². The van der Waals surface area contributed by atoms with Gasteiger partial charge in [0.25, 0.3) is 11.6 Å². The van der Waals surface area contributed by atoms with Crippen molar-refractivity contribution in [1.82, 2.24) is 5.32 Å². The standard InChI is InChI=1S/C15H16N2O3/c1-9(2)16-15(18)12-6-4-5-11-7-10(3)8-13(14(11)12)17(19)20/h4-9H,1-3H3,(H,16,18). The van der Waals surface area contributed by atoms with Crippen molar-refractivity contribution in [2.45, 2.75) is 26.8 Å². The van der Waals surface area contributed by atoms with Gasteiger partial charge in [-0.25, -0.2) is 0 Å². The molecule has 0 aliphatic rings. The van der Waals surface area contributed by atoms with E-state index in [1.807, 2.05) is 19.9 Å². The second-order valence-electron chi connectivity index (χ2n) is 5.07. The van der Waals surface area contributed by atoms with Crippen LogP contribution in [0.4, 0.5) is 5.69 Å². The van der Waals surface area contributed by atoms with Crippen molar-refractivity contribution in [3.05, 3.63) is 51.6 Å². The summed E-state index contributed by atoms with van der Waals surface area (Å²) in [5, 5.41) is 15.1. The minimum Gasteiger partial charge on any atom is -0.350 e. The van der Waals surface area contributed by atoms with Gasteiger partial charge < -0.3 is 5.32 Å². The molecule has 2 rings (SSSR count). The molecule has 0 spiro atoms. The highest BCUT2D eigenvalue weighted by Crippen LogP contribution is 2.30. The molecule has 0 saturated carbocycles. The zero-order valence-electron chi connectivity index (χ0n) is 11.6. The van der Waals surface area contributed by atoms with Gasteiger partial charge in [-0.3, -0.25) is 14.9 Å². The summed E-state index contributed by atoms with van der Waals surface area (Å²) in [4.78, 5) is 23.0. The third kappa shape index (κ3) is 2.61. The van der Waals surface area contributed by atoms with Crippen LogP contribution >= 0.6 is 0 Å². The van der Waals surface area contributed by atoms with E-state index in [0.717, 1.165) is 5.56 Å². The topological polar surface area (TPSA) is 72.2 Å². The normalized spacial score (nSPS) is 10.8. The smallest absolute Gasteiger partial charge is 0.278 e. The van der Waals surface area contributed by atoms with Crippen molar-refractivity contribution in [2.75, 3.05) is 0 Å². The quantitative estimate of drug-likeness (QED) is 0.689. The molecular weight excluding hydrogens is 256 g/mol. The van der Waals surface area contributed by atoms with Crippen LogP contribution in [-0.4, -0.2) is 16.9 Å². The number of non-ortho nitro benzene ring substituents is 1. The van der Waals surface area contributed by atoms with E-state index in [4.69, 9.17) is 0 Å². The molecule has 0 saturated heterocycles. The summed E-state index contributed by atoms with van der Waals surface area (Å²) >= 11 is 0. The Balaban J connectivity index is 2.73. The first-order valence-corrected chi connectivity index (χ1v) is 6.38. The Hall–Kier alpha value is -2.43. The van der Waals surface area contributed by atoms with E-state index in [1.165, 1.54) is 6.07 Å². The van der Waals surface area contributed by atoms with Crippen molar-refractivity contribution < 1.29 is 9.72 Å². The minimum absolute atomic E-state index is 0.0257. The fraction of sp³-hybridized carbons (Fsp3) is 0.267. The number of hydrogen-bond acceptors (Lipinski definition) is 3. The number of rotatable bonds is 3. The van der Waals surface area contributed by atoms with Crippen LogP contribution in [0.2, 0.25) is 0 Å². The van der Waals surface area contributed by atoms with Crippen molar-refractivity contribution >= 4 is 22.4 Å². The van der Waals surface area contributed by atoms with E-state index in [1.54, 1.807) is 25.1 Å². The Labute approximate surface area is 116 Å². The second-order valence-corrected chi connectivity index (χ2v) is 5.07. The first kappa shape index (κ1) is 14.0. The number of carbonyl (C=O) groups excluding carboxylic acids is 1. The average Bonchev–Trinajstić information content (AvgIpc) is 2.35. The number of benzene rings is 2. The summed E-state index contributed by atoms with van der Waals surface area (Å²) < 4.78 is 0. The highest BCUT2D eigenvalue weighted by atomic mass is 16.6. The predicted molar refractivity (Wildman–Crippen MR) is 77.9 cm³/mol. The summed E-state index contributed by atoms with van der Waals surface area (Å²) in [6.07, 6.45) is 0. The molecule has 5 heteroatoms. The third-order valence-corrected chi connectivity index (χ3v) is 2.96. The lowest BCUT2D eigenvalue weighted by Crippen LogP contribution is -2.30. The number of nitro groups is 1. The predicted octanol–water partition coefficient (Wildman–Crippen LogP) is 3.19. The molecule has 0 aliphatic heterocycles. The van der Waals surface area contributed by atoms with Crippen LogP contribution in [0, 0.1) is 17.0 Å². The summed E-state index contributed by atoms with van der Waals surface area (Å²) in [6, 6.07) is 8.44. The molecule has 104 valence electrons. The highest BCUT2D eigenvalue weighted by molar-refractivity contribution is 6.10. The van der Waals surface area contributed by atoms with Crippen LogP contribution in [-0.2, 0) is 0 Å². The number of nitrogens with zero attached hydrogens (tertiary/aromatic N) is 1. The van der Waals surface area contributed by atoms with Crippen molar-refractivity contribution in [3.63, 3.8) is 0 Å². The lowest BCUT2D eigenvalue weighted by atomic mass is 10.00. The maximum absolute atomic E-state index is 12.2. The molecule has 0 radical (unpaired) electrons. The van der Waals surface area contributed by atoms with E-state index in [0.29, 0.717) is 16.3 Å². The average molecular weight is 272 g/mol. The SMILES string of the molecule is Cc1cc([N+](=O)[O-])c2c(C(=O)NC(C)C)cccc2c1. The number of carbonyl (C=O) groups is 1. The van der Waals surface area contributed by atoms with Crippen LogP contribution < -0.4 is 5.32 Å². The maximum Gasteiger partial charge on any atom is 0.278 e. The molecule has 0 heterocycles. The van der Waals surface area contributed by atoms with Crippen molar-refractivity contribution in [2.24, 2.45) is 0 Å². The van der Waals surface area contributed by atoms with Crippen LogP contribution in [0.1, 0.15) is 29.8 Å². The van der Waals surface area contributed by atoms with Gasteiger partial charge in [0.05, 0.1) is 15.9 Å². The zero-order valence-corrected chi connectivity index (χ0v) is 11.6. The Morgan fingerprint density at radius 3 is 2.60 bits per heavy atom. The molecule has 20 heavy (non-hydrogen) atoms. The molecule has 2 aromatic carbocycles. The van der Waals surface area contributed by atoms with Gasteiger partial charge in [0.15, 0.2) is 0 Å². The lowest BCUT2D eigenvalue weighted by Gasteiger charge is -2.11. The van der Waals surface area contributed by atoms with Crippen LogP contribution in [0.25, 0.3) is 10.8 Å². The number of nitro benzene ring substituents is 1. The third-order valence-electron chi connectivity index (χ3n) is 2.96. The molecule has 1 amide bonds. The molecule has 0 fully saturated rings. The number of nitrogens with one attached hydrogen (secondary N) is 1. The molecule has 0 aliphatic carbocycles. The fourth-order valence-corrected chi connectivity index (χ4v) is 2.22. The lowest BCUT2D eigenvalue weighted by molar-refractivity contribution is -0.383. The van der Waals surface area contributed by atoms with Gasteiger partial charge in [0.2, 0.25) is 0 Å². The van der Waals surface area contributed by atoms with Gasteiger partial charge in [-0.2, -0.15) is 0 Å². The fourth-order valence-electron chi connectivity index (χ4n) is 2.22. The number of fused-ring (bicyclic) bond motifs is 1. The van der Waals surface area contributed by atoms with Crippen LogP contribution in [0.5, 0.6) is 0 Å². The van der Waals surface area contributed by atoms with Gasteiger partial charge >= 0.3 is 0 Å². The monoisotopic (exact) mass is 272 g/mol. The van der Waals surface area contributed by atoms with Gasteiger partial charge in [-0.05, 0) is 37.8 Å². The van der Waals surface area contributed by atoms with E-state index < -0.39 is 4.92 Å². The summed E-state index contributed by atoms with van der Waals surface area (Å²) in [6.45, 7) is 5.50. The Bertz CT molecular complexity index is 693. The molecule has 1 N–H and O–H groups in total. The Morgan fingerprint density at radius 2 is 2.00 bits per heavy atom. The number of amides is 1. The van der Waals surface area contributed by atoms with Crippen molar-refractivity contribution in [1.29, 1.82) is 0 Å². The molecular formula is C15H16N2O3. The van der Waals surface area contributed by atoms with E-state index >= 15 is 0 Å². The van der Waals surface area contributed by atoms with Crippen LogP contribution in [0.3, 0.4) is 0 Å². The first-order chi connectivity index (χ1) is 9.40. The van der Waals surface area contributed by atoms with Gasteiger partial charge in [-0.15, -0.1) is 0 Å². The van der Waals surface area contributed by atoms with E-state index in [-0.39, 0.29) is 17.6 Å². The summed E-state index contributed by atoms with van der Waals surface area (Å²) in [5.74, 6) is -0.294. The number of hydrogen-bond donors (Lipinski definition) is 1. The molecule has 5 nitrogen and oxygen atoms in total. The van der Waals surface area contributed by atoms with Crippen molar-refractivity contribution in [3.8, 4) is 0 Å². The largest absolute Gasteiger partial charge is 0.350 e. The second kappa shape index (κ2) is 5.28. The maximum atomic E-state index is 12.2. The zero-order chi connectivity index (χ0) is 14.9. The Kier molecular flexibility index (Phi) is 3.70. The molecule has 0 aromatic heterocycles. The van der Waals surface area contributed by atoms with Gasteiger partial charge in [-0.1, -0.05) is 18.2 Å². The van der Waals surface area contributed by atoms with E-state index in [2.05, 4.69) is 5.32 Å². The molecule has 0 bridgehead atoms. The van der Waals surface area contributed by atoms with Crippen LogP contribution in [0.15, 0.2) is 30.3 Å². The molecule has 0 atom stereocenters. The molecule has 0 unspecified atom stereocenters. The minimum atomic E-state index is -0.443. The summed E-state index contributed by atoms with van der Waals surface area (Å²) in [5.41, 5.74) is 1.10. The van der Waals surface area contributed by atoms with Gasteiger partial charge in [0, 0.05) is 12.1 Å². The van der Waals surface area contributed by atoms with Gasteiger partial charge in [0.1, 0.15) is 0 Å². The highest BCUT2D eigenvalue weighted by Gasteiger charge is 2.20. The Morgan fingerprint density at radius 1 is 1.30 bits per heavy atom.